The fraction of sp³-hybridized carbons (Fsp3) is 0.353. The van der Waals surface area contributed by atoms with Crippen LogP contribution in [0.1, 0.15) is 12.5 Å². The molecule has 0 fully saturated rings. The van der Waals surface area contributed by atoms with E-state index in [0.29, 0.717) is 6.54 Å². The van der Waals surface area contributed by atoms with Gasteiger partial charge in [-0.25, -0.2) is 0 Å². The maximum Gasteiger partial charge on any atom is 0.226 e. The third-order valence-corrected chi connectivity index (χ3v) is 3.75. The van der Waals surface area contributed by atoms with Gasteiger partial charge in [0.15, 0.2) is 0 Å². The van der Waals surface area contributed by atoms with Crippen molar-refractivity contribution in [3.8, 4) is 0 Å². The Kier molecular flexibility index (Phi) is 4.74. The van der Waals surface area contributed by atoms with Crippen LogP contribution in [0.25, 0.3) is 10.8 Å². The lowest BCUT2D eigenvalue weighted by atomic mass is 10.0. The van der Waals surface area contributed by atoms with Crippen LogP contribution >= 0.6 is 0 Å². The van der Waals surface area contributed by atoms with Crippen molar-refractivity contribution in [2.75, 3.05) is 20.1 Å². The van der Waals surface area contributed by atoms with Crippen LogP contribution in [0.4, 0.5) is 0 Å². The number of likely N-dealkylation sites (N-methyl/N-ethyl adjacent to an activating group) is 1. The molecule has 3 heteroatoms. The van der Waals surface area contributed by atoms with E-state index in [2.05, 4.69) is 36.4 Å². The van der Waals surface area contributed by atoms with Gasteiger partial charge in [-0.05, 0) is 22.8 Å². The first-order chi connectivity index (χ1) is 9.63. The van der Waals surface area contributed by atoms with Gasteiger partial charge in [0.2, 0.25) is 5.91 Å². The van der Waals surface area contributed by atoms with E-state index in [1.54, 1.807) is 4.90 Å². The summed E-state index contributed by atoms with van der Waals surface area (Å²) in [6.07, 6.45) is 0.862. The fourth-order valence-electron chi connectivity index (χ4n) is 2.39. The number of carbonyl (C=O) groups is 1. The number of benzene rings is 2. The molecule has 0 aliphatic heterocycles. The first-order valence-electron chi connectivity index (χ1n) is 7.05. The minimum atomic E-state index is -0.104. The lowest BCUT2D eigenvalue weighted by Crippen LogP contribution is -2.36. The molecule has 20 heavy (non-hydrogen) atoms. The lowest BCUT2D eigenvalue weighted by Gasteiger charge is -2.21. The molecule has 2 N–H and O–H groups in total. The first kappa shape index (κ1) is 14.5. The number of nitrogens with two attached hydrogens (primary N) is 1. The molecule has 0 bridgehead atoms. The summed E-state index contributed by atoms with van der Waals surface area (Å²) in [6.45, 7) is 2.99. The third-order valence-electron chi connectivity index (χ3n) is 3.75. The van der Waals surface area contributed by atoms with Crippen molar-refractivity contribution in [1.29, 1.82) is 0 Å². The number of hydrogen-bond donors (Lipinski definition) is 1. The maximum absolute atomic E-state index is 12.0. The third kappa shape index (κ3) is 3.17. The normalized spacial score (nSPS) is 12.3. The lowest BCUT2D eigenvalue weighted by molar-refractivity contribution is -0.133. The summed E-state index contributed by atoms with van der Waals surface area (Å²) >= 11 is 0. The quantitative estimate of drug-likeness (QED) is 0.907. The predicted octanol–water partition coefficient (Wildman–Crippen LogP) is 2.44. The van der Waals surface area contributed by atoms with Gasteiger partial charge in [0.1, 0.15) is 0 Å². The van der Waals surface area contributed by atoms with Crippen molar-refractivity contribution in [3.05, 3.63) is 48.0 Å². The zero-order valence-electron chi connectivity index (χ0n) is 12.2. The van der Waals surface area contributed by atoms with E-state index in [0.717, 1.165) is 13.0 Å². The SMILES string of the molecule is CC(CN)C(=O)N(C)CCc1cccc2ccccc12. The van der Waals surface area contributed by atoms with E-state index in [1.165, 1.54) is 16.3 Å². The zero-order valence-corrected chi connectivity index (χ0v) is 12.2. The van der Waals surface area contributed by atoms with Crippen molar-refractivity contribution < 1.29 is 4.79 Å². The molecule has 1 unspecified atom stereocenters. The molecule has 0 aromatic heterocycles. The van der Waals surface area contributed by atoms with Gasteiger partial charge in [0.05, 0.1) is 0 Å². The first-order valence-corrected chi connectivity index (χ1v) is 7.05. The van der Waals surface area contributed by atoms with Crippen LogP contribution in [-0.4, -0.2) is 30.9 Å². The molecule has 3 nitrogen and oxygen atoms in total. The Morgan fingerprint density at radius 2 is 1.90 bits per heavy atom. The largest absolute Gasteiger partial charge is 0.345 e. The minimum absolute atomic E-state index is 0.104. The monoisotopic (exact) mass is 270 g/mol. The van der Waals surface area contributed by atoms with Crippen LogP contribution in [0.3, 0.4) is 0 Å². The highest BCUT2D eigenvalue weighted by Crippen LogP contribution is 2.19. The molecule has 2 rings (SSSR count). The van der Waals surface area contributed by atoms with E-state index in [4.69, 9.17) is 5.73 Å². The summed E-state index contributed by atoms with van der Waals surface area (Å²) in [4.78, 5) is 13.8. The van der Waals surface area contributed by atoms with E-state index < -0.39 is 0 Å². The average Bonchev–Trinajstić information content (AvgIpc) is 2.50. The van der Waals surface area contributed by atoms with Crippen LogP contribution in [0.5, 0.6) is 0 Å². The molecule has 1 amide bonds. The van der Waals surface area contributed by atoms with Crippen LogP contribution in [0, 0.1) is 5.92 Å². The van der Waals surface area contributed by atoms with Crippen LogP contribution in [0.15, 0.2) is 42.5 Å². The highest BCUT2D eigenvalue weighted by atomic mass is 16.2. The van der Waals surface area contributed by atoms with Gasteiger partial charge in [-0.3, -0.25) is 4.79 Å². The van der Waals surface area contributed by atoms with Crippen molar-refractivity contribution >= 4 is 16.7 Å². The van der Waals surface area contributed by atoms with Gasteiger partial charge < -0.3 is 10.6 Å². The van der Waals surface area contributed by atoms with E-state index >= 15 is 0 Å². The van der Waals surface area contributed by atoms with Gasteiger partial charge in [0.25, 0.3) is 0 Å². The Hall–Kier alpha value is -1.87. The summed E-state index contributed by atoms with van der Waals surface area (Å²) in [5, 5.41) is 2.51. The summed E-state index contributed by atoms with van der Waals surface area (Å²) in [7, 11) is 1.85. The topological polar surface area (TPSA) is 46.3 Å². The fourth-order valence-corrected chi connectivity index (χ4v) is 2.39. The highest BCUT2D eigenvalue weighted by Gasteiger charge is 2.15. The van der Waals surface area contributed by atoms with Crippen molar-refractivity contribution in [2.24, 2.45) is 11.7 Å². The molecule has 0 radical (unpaired) electrons. The van der Waals surface area contributed by atoms with Crippen molar-refractivity contribution in [3.63, 3.8) is 0 Å². The standard InChI is InChI=1S/C17H22N2O/c1-13(12-18)17(20)19(2)11-10-15-8-5-7-14-6-3-4-9-16(14)15/h3-9,13H,10-12,18H2,1-2H3. The van der Waals surface area contributed by atoms with Gasteiger partial charge >= 0.3 is 0 Å². The molecule has 2 aromatic carbocycles. The smallest absolute Gasteiger partial charge is 0.226 e. The van der Waals surface area contributed by atoms with Crippen LogP contribution in [0.2, 0.25) is 0 Å². The Labute approximate surface area is 120 Å². The van der Waals surface area contributed by atoms with E-state index in [1.807, 2.05) is 20.0 Å². The van der Waals surface area contributed by atoms with E-state index in [9.17, 15) is 4.79 Å². The summed E-state index contributed by atoms with van der Waals surface area (Å²) in [5.41, 5.74) is 6.83. The second-order valence-electron chi connectivity index (χ2n) is 5.28. The molecule has 0 saturated heterocycles. The predicted molar refractivity (Wildman–Crippen MR) is 83.5 cm³/mol. The molecule has 106 valence electrons. The molecule has 0 spiro atoms. The number of fused-ring (bicyclic) bond motifs is 1. The number of hydrogen-bond acceptors (Lipinski definition) is 2. The summed E-state index contributed by atoms with van der Waals surface area (Å²) in [6, 6.07) is 14.7. The second-order valence-corrected chi connectivity index (χ2v) is 5.28. The second kappa shape index (κ2) is 6.53. The number of nitrogens with zero attached hydrogens (tertiary/aromatic N) is 1. The maximum atomic E-state index is 12.0. The average molecular weight is 270 g/mol. The van der Waals surface area contributed by atoms with Gasteiger partial charge in [0, 0.05) is 26.1 Å². The number of amides is 1. The molecule has 2 aromatic rings. The van der Waals surface area contributed by atoms with Gasteiger partial charge in [-0.15, -0.1) is 0 Å². The number of carbonyl (C=O) groups excluding carboxylic acids is 1. The Morgan fingerprint density at radius 3 is 2.65 bits per heavy atom. The number of rotatable bonds is 5. The molecule has 0 saturated carbocycles. The van der Waals surface area contributed by atoms with Crippen LogP contribution in [-0.2, 0) is 11.2 Å². The molecular formula is C17H22N2O. The Morgan fingerprint density at radius 1 is 1.20 bits per heavy atom. The highest BCUT2D eigenvalue weighted by molar-refractivity contribution is 5.85. The zero-order chi connectivity index (χ0) is 14.5. The molecule has 0 aliphatic rings. The van der Waals surface area contributed by atoms with Gasteiger partial charge in [-0.1, -0.05) is 49.4 Å². The molecule has 1 atom stereocenters. The molecular weight excluding hydrogens is 248 g/mol. The van der Waals surface area contributed by atoms with Crippen molar-refractivity contribution in [2.45, 2.75) is 13.3 Å². The summed E-state index contributed by atoms with van der Waals surface area (Å²) < 4.78 is 0. The minimum Gasteiger partial charge on any atom is -0.345 e. The Balaban J connectivity index is 2.08. The summed E-state index contributed by atoms with van der Waals surface area (Å²) in [5.74, 6) is 0.0141. The molecule has 0 aliphatic carbocycles. The van der Waals surface area contributed by atoms with Crippen LogP contribution < -0.4 is 5.73 Å². The molecule has 0 heterocycles. The Bertz CT molecular complexity index is 589. The van der Waals surface area contributed by atoms with E-state index in [-0.39, 0.29) is 11.8 Å². The van der Waals surface area contributed by atoms with Crippen molar-refractivity contribution in [1.82, 2.24) is 4.90 Å². The van der Waals surface area contributed by atoms with Gasteiger partial charge in [-0.2, -0.15) is 0 Å².